The average molecular weight is 394 g/mol. The first-order valence-corrected chi connectivity index (χ1v) is 8.37. The molecule has 0 bridgehead atoms. The lowest BCUT2D eigenvalue weighted by atomic mass is 10.2. The van der Waals surface area contributed by atoms with Gasteiger partial charge < -0.3 is 0 Å². The zero-order valence-electron chi connectivity index (χ0n) is 11.2. The van der Waals surface area contributed by atoms with E-state index in [2.05, 4.69) is 15.9 Å². The second-order valence-electron chi connectivity index (χ2n) is 4.56. The second kappa shape index (κ2) is 6.28. The molecule has 1 aliphatic rings. The highest BCUT2D eigenvalue weighted by molar-refractivity contribution is 9.10. The number of rotatable bonds is 2. The van der Waals surface area contributed by atoms with E-state index in [1.807, 2.05) is 24.3 Å². The van der Waals surface area contributed by atoms with E-state index in [0.29, 0.717) is 15.6 Å². The first-order chi connectivity index (χ1) is 10.6. The summed E-state index contributed by atoms with van der Waals surface area (Å²) in [7, 11) is 0. The van der Waals surface area contributed by atoms with Crippen molar-refractivity contribution in [2.24, 2.45) is 0 Å². The molecule has 0 aliphatic carbocycles. The van der Waals surface area contributed by atoms with E-state index in [-0.39, 0.29) is 11.1 Å². The molecule has 2 aromatic carbocycles. The largest absolute Gasteiger partial charge is 0.278 e. The number of benzene rings is 2. The summed E-state index contributed by atoms with van der Waals surface area (Å²) in [6, 6.07) is 14.7. The number of nitrogens with one attached hydrogen (secondary N) is 1. The molecule has 1 N–H and O–H groups in total. The van der Waals surface area contributed by atoms with Gasteiger partial charge in [0.2, 0.25) is 0 Å². The lowest BCUT2D eigenvalue weighted by molar-refractivity contribution is -0.113. The van der Waals surface area contributed by atoms with Crippen LogP contribution in [0.25, 0.3) is 6.08 Å². The van der Waals surface area contributed by atoms with Gasteiger partial charge >= 0.3 is 0 Å². The first-order valence-electron chi connectivity index (χ1n) is 6.39. The molecule has 1 amide bonds. The van der Waals surface area contributed by atoms with Crippen LogP contribution in [0.15, 0.2) is 57.9 Å². The van der Waals surface area contributed by atoms with Crippen LogP contribution in [0.2, 0.25) is 5.02 Å². The SMILES string of the molecule is N=C1SC(=Cc2ccc(Br)cc2)C(=O)N1c1ccccc1Cl. The fourth-order valence-electron chi connectivity index (χ4n) is 2.05. The van der Waals surface area contributed by atoms with Crippen LogP contribution < -0.4 is 4.90 Å². The summed E-state index contributed by atoms with van der Waals surface area (Å²) >= 11 is 10.6. The number of nitrogens with zero attached hydrogens (tertiary/aromatic N) is 1. The van der Waals surface area contributed by atoms with Crippen molar-refractivity contribution >= 4 is 62.1 Å². The Morgan fingerprint density at radius 2 is 1.82 bits per heavy atom. The maximum Gasteiger partial charge on any atom is 0.271 e. The Labute approximate surface area is 145 Å². The van der Waals surface area contributed by atoms with Gasteiger partial charge in [-0.1, -0.05) is 51.8 Å². The molecule has 22 heavy (non-hydrogen) atoms. The number of para-hydroxylation sites is 1. The Bertz CT molecular complexity index is 789. The van der Waals surface area contributed by atoms with Crippen LogP contribution in [0, 0.1) is 5.41 Å². The van der Waals surface area contributed by atoms with Gasteiger partial charge in [0.15, 0.2) is 5.17 Å². The number of halogens is 2. The minimum absolute atomic E-state index is 0.154. The minimum atomic E-state index is -0.231. The third-order valence-corrected chi connectivity index (χ3v) is 4.82. The number of amidine groups is 1. The number of carbonyl (C=O) groups excluding carboxylic acids is 1. The highest BCUT2D eigenvalue weighted by Gasteiger charge is 2.34. The number of hydrogen-bond donors (Lipinski definition) is 1. The number of hydrogen-bond acceptors (Lipinski definition) is 3. The van der Waals surface area contributed by atoms with Gasteiger partial charge in [-0.05, 0) is 47.7 Å². The van der Waals surface area contributed by atoms with Gasteiger partial charge in [-0.25, -0.2) is 0 Å². The molecule has 1 saturated heterocycles. The van der Waals surface area contributed by atoms with Crippen molar-refractivity contribution < 1.29 is 4.79 Å². The van der Waals surface area contributed by atoms with E-state index < -0.39 is 0 Å². The Balaban J connectivity index is 1.95. The van der Waals surface area contributed by atoms with Crippen molar-refractivity contribution in [3.8, 4) is 0 Å². The number of amides is 1. The molecular formula is C16H10BrClN2OS. The molecule has 0 spiro atoms. The normalized spacial score (nSPS) is 16.6. The molecule has 110 valence electrons. The molecule has 1 aliphatic heterocycles. The monoisotopic (exact) mass is 392 g/mol. The van der Waals surface area contributed by atoms with Crippen LogP contribution in [0.5, 0.6) is 0 Å². The Kier molecular flexibility index (Phi) is 4.38. The van der Waals surface area contributed by atoms with Crippen molar-refractivity contribution in [3.63, 3.8) is 0 Å². The van der Waals surface area contributed by atoms with Crippen LogP contribution in [-0.2, 0) is 4.79 Å². The van der Waals surface area contributed by atoms with Gasteiger partial charge in [0.25, 0.3) is 5.91 Å². The second-order valence-corrected chi connectivity index (χ2v) is 6.91. The average Bonchev–Trinajstić information content (AvgIpc) is 2.77. The van der Waals surface area contributed by atoms with Crippen molar-refractivity contribution in [1.29, 1.82) is 5.41 Å². The van der Waals surface area contributed by atoms with E-state index in [1.54, 1.807) is 30.3 Å². The van der Waals surface area contributed by atoms with Gasteiger partial charge in [-0.3, -0.25) is 15.1 Å². The third kappa shape index (κ3) is 2.97. The quantitative estimate of drug-likeness (QED) is 0.716. The van der Waals surface area contributed by atoms with Crippen LogP contribution in [-0.4, -0.2) is 11.1 Å². The zero-order valence-corrected chi connectivity index (χ0v) is 14.4. The number of anilines is 1. The van der Waals surface area contributed by atoms with Gasteiger partial charge in [0.05, 0.1) is 15.6 Å². The molecule has 0 saturated carbocycles. The third-order valence-electron chi connectivity index (χ3n) is 3.08. The zero-order chi connectivity index (χ0) is 15.7. The molecule has 2 aromatic rings. The minimum Gasteiger partial charge on any atom is -0.278 e. The summed E-state index contributed by atoms with van der Waals surface area (Å²) in [6.07, 6.45) is 1.78. The molecule has 3 rings (SSSR count). The summed E-state index contributed by atoms with van der Waals surface area (Å²) in [5, 5.41) is 8.67. The summed E-state index contributed by atoms with van der Waals surface area (Å²) < 4.78 is 0.977. The number of thioether (sulfide) groups is 1. The fourth-order valence-corrected chi connectivity index (χ4v) is 3.39. The molecule has 0 aromatic heterocycles. The van der Waals surface area contributed by atoms with Gasteiger partial charge in [-0.2, -0.15) is 0 Å². The maximum atomic E-state index is 12.6. The molecule has 0 unspecified atom stereocenters. The van der Waals surface area contributed by atoms with E-state index in [4.69, 9.17) is 17.0 Å². The smallest absolute Gasteiger partial charge is 0.271 e. The molecule has 1 fully saturated rings. The summed E-state index contributed by atoms with van der Waals surface area (Å²) in [6.45, 7) is 0. The molecule has 0 atom stereocenters. The Morgan fingerprint density at radius 3 is 2.50 bits per heavy atom. The summed E-state index contributed by atoms with van der Waals surface area (Å²) in [5.41, 5.74) is 1.44. The molecular weight excluding hydrogens is 384 g/mol. The molecule has 6 heteroatoms. The van der Waals surface area contributed by atoms with Crippen LogP contribution in [0.1, 0.15) is 5.56 Å². The van der Waals surface area contributed by atoms with Crippen LogP contribution in [0.3, 0.4) is 0 Å². The predicted molar refractivity (Wildman–Crippen MR) is 96.4 cm³/mol. The van der Waals surface area contributed by atoms with Crippen molar-refractivity contribution in [2.45, 2.75) is 0 Å². The van der Waals surface area contributed by atoms with E-state index >= 15 is 0 Å². The van der Waals surface area contributed by atoms with E-state index in [0.717, 1.165) is 21.8 Å². The topological polar surface area (TPSA) is 44.2 Å². The lowest BCUT2D eigenvalue weighted by Crippen LogP contribution is -2.28. The van der Waals surface area contributed by atoms with E-state index in [1.165, 1.54) is 4.90 Å². The van der Waals surface area contributed by atoms with Crippen molar-refractivity contribution in [2.75, 3.05) is 4.90 Å². The Hall–Kier alpha value is -1.56. The highest BCUT2D eigenvalue weighted by Crippen LogP contribution is 2.37. The van der Waals surface area contributed by atoms with Crippen LogP contribution >= 0.6 is 39.3 Å². The highest BCUT2D eigenvalue weighted by atomic mass is 79.9. The maximum absolute atomic E-state index is 12.6. The van der Waals surface area contributed by atoms with Gasteiger partial charge in [-0.15, -0.1) is 0 Å². The van der Waals surface area contributed by atoms with E-state index in [9.17, 15) is 4.79 Å². The summed E-state index contributed by atoms with van der Waals surface area (Å²) in [5.74, 6) is -0.231. The summed E-state index contributed by atoms with van der Waals surface area (Å²) in [4.78, 5) is 14.4. The molecule has 0 radical (unpaired) electrons. The van der Waals surface area contributed by atoms with Crippen molar-refractivity contribution in [3.05, 3.63) is 68.5 Å². The van der Waals surface area contributed by atoms with Crippen molar-refractivity contribution in [1.82, 2.24) is 0 Å². The number of carbonyl (C=O) groups is 1. The van der Waals surface area contributed by atoms with Crippen LogP contribution in [0.4, 0.5) is 5.69 Å². The Morgan fingerprint density at radius 1 is 1.14 bits per heavy atom. The molecule has 3 nitrogen and oxygen atoms in total. The first kappa shape index (κ1) is 15.3. The lowest BCUT2D eigenvalue weighted by Gasteiger charge is -2.15. The molecule has 1 heterocycles. The van der Waals surface area contributed by atoms with Gasteiger partial charge in [0.1, 0.15) is 0 Å². The standard InChI is InChI=1S/C16H10BrClN2OS/c17-11-7-5-10(6-8-11)9-14-15(21)20(16(19)22-14)13-4-2-1-3-12(13)18/h1-9,19H. The fraction of sp³-hybridized carbons (Fsp3) is 0. The van der Waals surface area contributed by atoms with Gasteiger partial charge in [0, 0.05) is 4.47 Å². The predicted octanol–water partition coefficient (Wildman–Crippen LogP) is 5.16.